The van der Waals surface area contributed by atoms with Gasteiger partial charge in [-0.15, -0.1) is 12.4 Å². The van der Waals surface area contributed by atoms with Crippen molar-refractivity contribution in [2.24, 2.45) is 5.73 Å². The molecule has 0 aliphatic carbocycles. The van der Waals surface area contributed by atoms with Gasteiger partial charge in [0.15, 0.2) is 6.61 Å². The largest absolute Gasteiger partial charge is 0.484 e. The Morgan fingerprint density at radius 1 is 1.35 bits per heavy atom. The van der Waals surface area contributed by atoms with Crippen LogP contribution in [-0.2, 0) is 4.79 Å². The zero-order valence-electron chi connectivity index (χ0n) is 9.77. The molecule has 1 rings (SSSR count). The lowest BCUT2D eigenvalue weighted by atomic mass is 10.2. The molecule has 0 unspecified atom stereocenters. The third-order valence-electron chi connectivity index (χ3n) is 2.03. The number of amidine groups is 1. The van der Waals surface area contributed by atoms with Crippen molar-refractivity contribution in [1.82, 2.24) is 4.90 Å². The van der Waals surface area contributed by atoms with E-state index in [-0.39, 0.29) is 30.8 Å². The summed E-state index contributed by atoms with van der Waals surface area (Å²) in [6.45, 7) is 0.00637. The van der Waals surface area contributed by atoms with Crippen molar-refractivity contribution in [3.63, 3.8) is 0 Å². The molecule has 0 heterocycles. The topological polar surface area (TPSA) is 79.4 Å². The average Bonchev–Trinajstić information content (AvgIpc) is 2.26. The van der Waals surface area contributed by atoms with Crippen LogP contribution < -0.4 is 10.5 Å². The summed E-state index contributed by atoms with van der Waals surface area (Å²) < 4.78 is 5.26. The normalized spacial score (nSPS) is 9.06. The maximum Gasteiger partial charge on any atom is 0.259 e. The van der Waals surface area contributed by atoms with Gasteiger partial charge in [0.1, 0.15) is 11.6 Å². The van der Waals surface area contributed by atoms with Crippen LogP contribution >= 0.6 is 12.4 Å². The SMILES string of the molecule is CN(C)C(=O)COc1ccc(C(=N)N)cc1.Cl. The first-order chi connectivity index (χ1) is 7.50. The number of likely N-dealkylation sites (N-methyl/N-ethyl adjacent to an activating group) is 1. The van der Waals surface area contributed by atoms with Gasteiger partial charge in [-0.2, -0.15) is 0 Å². The molecule has 6 heteroatoms. The number of nitrogens with one attached hydrogen (secondary N) is 1. The fraction of sp³-hybridized carbons (Fsp3) is 0.273. The number of benzene rings is 1. The number of ether oxygens (including phenoxy) is 1. The maximum absolute atomic E-state index is 11.2. The van der Waals surface area contributed by atoms with Crippen LogP contribution in [0.2, 0.25) is 0 Å². The lowest BCUT2D eigenvalue weighted by molar-refractivity contribution is -0.130. The van der Waals surface area contributed by atoms with Crippen LogP contribution in [0.15, 0.2) is 24.3 Å². The molecule has 0 fully saturated rings. The Hall–Kier alpha value is -1.75. The summed E-state index contributed by atoms with van der Waals surface area (Å²) >= 11 is 0. The van der Waals surface area contributed by atoms with Crippen LogP contribution in [0.5, 0.6) is 5.75 Å². The number of rotatable bonds is 4. The predicted octanol–water partition coefficient (Wildman–Crippen LogP) is 0.859. The zero-order valence-corrected chi connectivity index (χ0v) is 10.6. The summed E-state index contributed by atoms with van der Waals surface area (Å²) in [5.41, 5.74) is 5.94. The smallest absolute Gasteiger partial charge is 0.259 e. The monoisotopic (exact) mass is 257 g/mol. The van der Waals surface area contributed by atoms with Crippen LogP contribution in [0.1, 0.15) is 5.56 Å². The quantitative estimate of drug-likeness (QED) is 0.620. The van der Waals surface area contributed by atoms with Gasteiger partial charge in [-0.1, -0.05) is 0 Å². The zero-order chi connectivity index (χ0) is 12.1. The predicted molar refractivity (Wildman–Crippen MR) is 68.9 cm³/mol. The van der Waals surface area contributed by atoms with Crippen LogP contribution in [0.4, 0.5) is 0 Å². The molecule has 1 aromatic rings. The van der Waals surface area contributed by atoms with Gasteiger partial charge in [0.05, 0.1) is 0 Å². The maximum atomic E-state index is 11.2. The molecule has 0 saturated heterocycles. The first-order valence-corrected chi connectivity index (χ1v) is 4.78. The van der Waals surface area contributed by atoms with E-state index in [1.807, 2.05) is 0 Å². The molecule has 1 amide bonds. The van der Waals surface area contributed by atoms with Gasteiger partial charge in [0.2, 0.25) is 0 Å². The summed E-state index contributed by atoms with van der Waals surface area (Å²) in [7, 11) is 3.34. The van der Waals surface area contributed by atoms with Crippen LogP contribution in [-0.4, -0.2) is 37.3 Å². The highest BCUT2D eigenvalue weighted by Crippen LogP contribution is 2.11. The van der Waals surface area contributed by atoms with Crippen molar-refractivity contribution < 1.29 is 9.53 Å². The van der Waals surface area contributed by atoms with Crippen molar-refractivity contribution >= 4 is 24.1 Å². The Balaban J connectivity index is 0.00000256. The van der Waals surface area contributed by atoms with Crippen molar-refractivity contribution in [2.75, 3.05) is 20.7 Å². The number of nitrogens with zero attached hydrogens (tertiary/aromatic N) is 1. The highest BCUT2D eigenvalue weighted by molar-refractivity contribution is 5.94. The van der Waals surface area contributed by atoms with E-state index >= 15 is 0 Å². The van der Waals surface area contributed by atoms with Gasteiger partial charge >= 0.3 is 0 Å². The molecule has 1 aromatic carbocycles. The Bertz CT molecular complexity index is 390. The molecule has 0 aromatic heterocycles. The van der Waals surface area contributed by atoms with Gasteiger partial charge in [0, 0.05) is 19.7 Å². The van der Waals surface area contributed by atoms with Gasteiger partial charge in [-0.3, -0.25) is 10.2 Å². The van der Waals surface area contributed by atoms with Crippen LogP contribution in [0.3, 0.4) is 0 Å². The minimum atomic E-state index is -0.101. The molecule has 0 bridgehead atoms. The van der Waals surface area contributed by atoms with Crippen LogP contribution in [0, 0.1) is 5.41 Å². The number of nitrogens with two attached hydrogens (primary N) is 1. The summed E-state index contributed by atoms with van der Waals surface area (Å²) in [5, 5.41) is 7.21. The fourth-order valence-electron chi connectivity index (χ4n) is 1.00. The van der Waals surface area contributed by atoms with E-state index in [0.29, 0.717) is 11.3 Å². The lowest BCUT2D eigenvalue weighted by Crippen LogP contribution is -2.27. The molecule has 94 valence electrons. The summed E-state index contributed by atoms with van der Waals surface area (Å²) in [6, 6.07) is 6.72. The molecular weight excluding hydrogens is 242 g/mol. The highest BCUT2D eigenvalue weighted by Gasteiger charge is 2.04. The number of halogens is 1. The number of amides is 1. The third-order valence-corrected chi connectivity index (χ3v) is 2.03. The summed E-state index contributed by atoms with van der Waals surface area (Å²) in [5.74, 6) is 0.492. The van der Waals surface area contributed by atoms with Crippen molar-refractivity contribution in [3.05, 3.63) is 29.8 Å². The van der Waals surface area contributed by atoms with Crippen molar-refractivity contribution in [3.8, 4) is 5.75 Å². The molecular formula is C11H16ClN3O2. The minimum Gasteiger partial charge on any atom is -0.484 e. The Labute approximate surface area is 106 Å². The standard InChI is InChI=1S/C11H15N3O2.ClH/c1-14(2)10(15)7-16-9-5-3-8(4-6-9)11(12)13;/h3-6H,7H2,1-2H3,(H3,12,13);1H. The fourth-order valence-corrected chi connectivity index (χ4v) is 1.00. The highest BCUT2D eigenvalue weighted by atomic mass is 35.5. The van der Waals surface area contributed by atoms with Gasteiger partial charge in [-0.25, -0.2) is 0 Å². The van der Waals surface area contributed by atoms with Crippen molar-refractivity contribution in [2.45, 2.75) is 0 Å². The second kappa shape index (κ2) is 6.75. The second-order valence-electron chi connectivity index (χ2n) is 3.51. The molecule has 5 nitrogen and oxygen atoms in total. The Morgan fingerprint density at radius 2 is 1.88 bits per heavy atom. The van der Waals surface area contributed by atoms with Crippen LogP contribution in [0.25, 0.3) is 0 Å². The van der Waals surface area contributed by atoms with Gasteiger partial charge in [-0.05, 0) is 24.3 Å². The van der Waals surface area contributed by atoms with E-state index in [0.717, 1.165) is 0 Å². The average molecular weight is 258 g/mol. The summed E-state index contributed by atoms with van der Waals surface area (Å²) in [6.07, 6.45) is 0. The first-order valence-electron chi connectivity index (χ1n) is 4.78. The van der Waals surface area contributed by atoms with E-state index in [1.165, 1.54) is 4.90 Å². The number of hydrogen-bond acceptors (Lipinski definition) is 3. The molecule has 0 aliphatic heterocycles. The van der Waals surface area contributed by atoms with E-state index in [1.54, 1.807) is 38.4 Å². The van der Waals surface area contributed by atoms with Crippen molar-refractivity contribution in [1.29, 1.82) is 5.41 Å². The third kappa shape index (κ3) is 4.74. The minimum absolute atomic E-state index is 0. The first kappa shape index (κ1) is 15.2. The van der Waals surface area contributed by atoms with E-state index < -0.39 is 0 Å². The van der Waals surface area contributed by atoms with E-state index in [2.05, 4.69) is 0 Å². The van der Waals surface area contributed by atoms with E-state index in [9.17, 15) is 4.79 Å². The Morgan fingerprint density at radius 3 is 2.29 bits per heavy atom. The number of hydrogen-bond donors (Lipinski definition) is 2. The number of nitrogen functional groups attached to an aromatic ring is 1. The molecule has 17 heavy (non-hydrogen) atoms. The molecule has 0 spiro atoms. The summed E-state index contributed by atoms with van der Waals surface area (Å²) in [4.78, 5) is 12.7. The van der Waals surface area contributed by atoms with Gasteiger partial charge in [0.25, 0.3) is 5.91 Å². The molecule has 3 N–H and O–H groups in total. The number of carbonyl (C=O) groups is 1. The molecule has 0 aliphatic rings. The number of carbonyl (C=O) groups excluding carboxylic acids is 1. The molecule has 0 saturated carbocycles. The Kier molecular flexibility index (Phi) is 6.06. The molecule has 0 radical (unpaired) electrons. The molecule has 0 atom stereocenters. The van der Waals surface area contributed by atoms with E-state index in [4.69, 9.17) is 15.9 Å². The van der Waals surface area contributed by atoms with Gasteiger partial charge < -0.3 is 15.4 Å². The second-order valence-corrected chi connectivity index (χ2v) is 3.51. The lowest BCUT2D eigenvalue weighted by Gasteiger charge is -2.11.